The topological polar surface area (TPSA) is 90.5 Å². The maximum Gasteiger partial charge on any atom is 0.269 e. The Bertz CT molecular complexity index is 1080. The van der Waals surface area contributed by atoms with E-state index in [1.54, 1.807) is 15.6 Å². The second kappa shape index (κ2) is 8.87. The first-order valence-corrected chi connectivity index (χ1v) is 10.2. The lowest BCUT2D eigenvalue weighted by Gasteiger charge is -2.31. The number of carbonyl (C=O) groups excluding carboxylic acids is 2. The van der Waals surface area contributed by atoms with Crippen LogP contribution in [0.3, 0.4) is 0 Å². The van der Waals surface area contributed by atoms with Crippen molar-refractivity contribution in [1.29, 1.82) is 0 Å². The van der Waals surface area contributed by atoms with E-state index in [0.29, 0.717) is 18.8 Å². The molecule has 2 amide bonds. The smallest absolute Gasteiger partial charge is 0.269 e. The Labute approximate surface area is 180 Å². The molecule has 1 aromatic heterocycles. The second-order valence-corrected chi connectivity index (χ2v) is 7.44. The molecule has 1 aliphatic rings. The fraction of sp³-hybridized carbons (Fsp3) is 0.208. The van der Waals surface area contributed by atoms with Crippen LogP contribution in [0.15, 0.2) is 73.3 Å². The first-order chi connectivity index (χ1) is 15.0. The summed E-state index contributed by atoms with van der Waals surface area (Å²) in [4.78, 5) is 25.4. The number of para-hydroxylation sites is 1. The van der Waals surface area contributed by atoms with Crippen molar-refractivity contribution in [2.45, 2.75) is 18.8 Å². The molecule has 2 aromatic carbocycles. The molecular weight excluding hydrogens is 392 g/mol. The standard InChI is InChI=1S/C24H24N4O3/c1-2-23(29)27-14-12-17(13-15-27)22-16-21(24(25)30)26-28(22)18-8-10-20(11-9-18)31-19-6-4-3-5-7-19/h2-11,16-17H,1,12-15H2,(H2,25,30). The first kappa shape index (κ1) is 20.4. The summed E-state index contributed by atoms with van der Waals surface area (Å²) in [6.45, 7) is 4.83. The summed E-state index contributed by atoms with van der Waals surface area (Å²) in [5, 5.41) is 4.44. The van der Waals surface area contributed by atoms with Crippen molar-refractivity contribution in [2.75, 3.05) is 13.1 Å². The molecule has 7 nitrogen and oxygen atoms in total. The summed E-state index contributed by atoms with van der Waals surface area (Å²) in [7, 11) is 0. The van der Waals surface area contributed by atoms with E-state index in [0.717, 1.165) is 30.0 Å². The molecule has 7 heteroatoms. The van der Waals surface area contributed by atoms with Gasteiger partial charge in [-0.3, -0.25) is 9.59 Å². The van der Waals surface area contributed by atoms with Crippen LogP contribution in [0.25, 0.3) is 5.69 Å². The van der Waals surface area contributed by atoms with Crippen molar-refractivity contribution < 1.29 is 14.3 Å². The highest BCUT2D eigenvalue weighted by Crippen LogP contribution is 2.31. The second-order valence-electron chi connectivity index (χ2n) is 7.44. The molecule has 31 heavy (non-hydrogen) atoms. The van der Waals surface area contributed by atoms with Gasteiger partial charge < -0.3 is 15.4 Å². The van der Waals surface area contributed by atoms with Crippen LogP contribution in [0, 0.1) is 0 Å². The third-order valence-electron chi connectivity index (χ3n) is 5.45. The Balaban J connectivity index is 1.57. The van der Waals surface area contributed by atoms with Crippen molar-refractivity contribution in [1.82, 2.24) is 14.7 Å². The molecule has 1 aliphatic heterocycles. The average Bonchev–Trinajstić information content (AvgIpc) is 3.26. The van der Waals surface area contributed by atoms with Crippen LogP contribution in [0.4, 0.5) is 0 Å². The number of rotatable bonds is 6. The van der Waals surface area contributed by atoms with E-state index in [4.69, 9.17) is 10.5 Å². The van der Waals surface area contributed by atoms with Gasteiger partial charge in [0.15, 0.2) is 5.69 Å². The predicted octanol–water partition coefficient (Wildman–Crippen LogP) is 3.66. The van der Waals surface area contributed by atoms with E-state index in [-0.39, 0.29) is 17.5 Å². The van der Waals surface area contributed by atoms with Gasteiger partial charge >= 0.3 is 0 Å². The number of hydrogen-bond donors (Lipinski definition) is 1. The minimum Gasteiger partial charge on any atom is -0.457 e. The number of piperidine rings is 1. The number of primary amides is 1. The Kier molecular flexibility index (Phi) is 5.84. The Morgan fingerprint density at radius 1 is 1.03 bits per heavy atom. The van der Waals surface area contributed by atoms with Gasteiger partial charge in [0.25, 0.3) is 5.91 Å². The van der Waals surface area contributed by atoms with Gasteiger partial charge in [-0.1, -0.05) is 24.8 Å². The van der Waals surface area contributed by atoms with Crippen molar-refractivity contribution >= 4 is 11.8 Å². The minimum absolute atomic E-state index is 0.0567. The molecule has 1 fully saturated rings. The van der Waals surface area contributed by atoms with Gasteiger partial charge in [-0.05, 0) is 61.4 Å². The third kappa shape index (κ3) is 4.50. The van der Waals surface area contributed by atoms with E-state index >= 15 is 0 Å². The number of aromatic nitrogens is 2. The number of ether oxygens (including phenoxy) is 1. The molecule has 2 N–H and O–H groups in total. The highest BCUT2D eigenvalue weighted by molar-refractivity contribution is 5.91. The summed E-state index contributed by atoms with van der Waals surface area (Å²) in [6.07, 6.45) is 2.90. The van der Waals surface area contributed by atoms with Crippen molar-refractivity contribution in [3.05, 3.63) is 84.7 Å². The van der Waals surface area contributed by atoms with Gasteiger partial charge in [-0.15, -0.1) is 0 Å². The highest BCUT2D eigenvalue weighted by Gasteiger charge is 2.27. The van der Waals surface area contributed by atoms with Crippen LogP contribution >= 0.6 is 0 Å². The number of carbonyl (C=O) groups is 2. The van der Waals surface area contributed by atoms with Crippen molar-refractivity contribution in [3.63, 3.8) is 0 Å². The monoisotopic (exact) mass is 416 g/mol. The molecule has 158 valence electrons. The van der Waals surface area contributed by atoms with Crippen LogP contribution in [-0.2, 0) is 4.79 Å². The molecule has 0 spiro atoms. The SMILES string of the molecule is C=CC(=O)N1CCC(c2cc(C(N)=O)nn2-c2ccc(Oc3ccccc3)cc2)CC1. The maximum atomic E-state index is 11.9. The molecule has 0 saturated carbocycles. The van der Waals surface area contributed by atoms with Crippen LogP contribution < -0.4 is 10.5 Å². The Morgan fingerprint density at radius 3 is 2.29 bits per heavy atom. The van der Waals surface area contributed by atoms with Crippen LogP contribution in [0.2, 0.25) is 0 Å². The van der Waals surface area contributed by atoms with E-state index in [1.807, 2.05) is 54.6 Å². The average molecular weight is 416 g/mol. The molecule has 0 atom stereocenters. The minimum atomic E-state index is -0.566. The Hall–Kier alpha value is -3.87. The third-order valence-corrected chi connectivity index (χ3v) is 5.45. The van der Waals surface area contributed by atoms with E-state index in [9.17, 15) is 9.59 Å². The molecule has 2 heterocycles. The van der Waals surface area contributed by atoms with Crippen molar-refractivity contribution in [2.24, 2.45) is 5.73 Å². The molecule has 1 saturated heterocycles. The highest BCUT2D eigenvalue weighted by atomic mass is 16.5. The number of amides is 2. The largest absolute Gasteiger partial charge is 0.457 e. The summed E-state index contributed by atoms with van der Waals surface area (Å²) in [5.74, 6) is 0.999. The van der Waals surface area contributed by atoms with Gasteiger partial charge in [0.1, 0.15) is 11.5 Å². The van der Waals surface area contributed by atoms with Gasteiger partial charge in [-0.2, -0.15) is 5.10 Å². The van der Waals surface area contributed by atoms with Gasteiger partial charge in [-0.25, -0.2) is 4.68 Å². The molecular formula is C24H24N4O3. The zero-order chi connectivity index (χ0) is 21.8. The molecule has 0 aliphatic carbocycles. The van der Waals surface area contributed by atoms with Crippen LogP contribution in [0.5, 0.6) is 11.5 Å². The Morgan fingerprint density at radius 2 is 1.68 bits per heavy atom. The lowest BCUT2D eigenvalue weighted by atomic mass is 9.93. The summed E-state index contributed by atoms with van der Waals surface area (Å²) in [6, 6.07) is 18.8. The lowest BCUT2D eigenvalue weighted by molar-refractivity contribution is -0.127. The van der Waals surface area contributed by atoms with Crippen LogP contribution in [0.1, 0.15) is 34.9 Å². The molecule has 4 rings (SSSR count). The lowest BCUT2D eigenvalue weighted by Crippen LogP contribution is -2.37. The van der Waals surface area contributed by atoms with Gasteiger partial charge in [0.05, 0.1) is 5.69 Å². The number of nitrogens with two attached hydrogens (primary N) is 1. The van der Waals surface area contributed by atoms with Gasteiger partial charge in [0, 0.05) is 24.7 Å². The van der Waals surface area contributed by atoms with E-state index in [2.05, 4.69) is 11.7 Å². The first-order valence-electron chi connectivity index (χ1n) is 10.2. The molecule has 0 radical (unpaired) electrons. The number of hydrogen-bond acceptors (Lipinski definition) is 4. The fourth-order valence-electron chi connectivity index (χ4n) is 3.82. The normalized spacial score (nSPS) is 14.3. The fourth-order valence-corrected chi connectivity index (χ4v) is 3.82. The van der Waals surface area contributed by atoms with E-state index in [1.165, 1.54) is 6.08 Å². The van der Waals surface area contributed by atoms with E-state index < -0.39 is 5.91 Å². The summed E-state index contributed by atoms with van der Waals surface area (Å²) >= 11 is 0. The van der Waals surface area contributed by atoms with Crippen LogP contribution in [-0.4, -0.2) is 39.6 Å². The quantitative estimate of drug-likeness (QED) is 0.621. The molecule has 0 unspecified atom stereocenters. The maximum absolute atomic E-state index is 11.9. The zero-order valence-corrected chi connectivity index (χ0v) is 17.1. The zero-order valence-electron chi connectivity index (χ0n) is 17.1. The summed E-state index contributed by atoms with van der Waals surface area (Å²) in [5.41, 5.74) is 7.45. The number of likely N-dealkylation sites (tertiary alicyclic amines) is 1. The number of nitrogens with zero attached hydrogens (tertiary/aromatic N) is 3. The summed E-state index contributed by atoms with van der Waals surface area (Å²) < 4.78 is 7.62. The molecule has 3 aromatic rings. The van der Waals surface area contributed by atoms with Gasteiger partial charge in [0.2, 0.25) is 5.91 Å². The number of benzene rings is 2. The predicted molar refractivity (Wildman–Crippen MR) is 117 cm³/mol. The molecule has 0 bridgehead atoms. The van der Waals surface area contributed by atoms with Crippen molar-refractivity contribution in [3.8, 4) is 17.2 Å².